The average molecular weight is 484 g/mol. The minimum absolute atomic E-state index is 0.0844. The molecular weight excluding hydrogens is 454 g/mol. The summed E-state index contributed by atoms with van der Waals surface area (Å²) >= 11 is 6.11. The van der Waals surface area contributed by atoms with Gasteiger partial charge < -0.3 is 10.2 Å². The first kappa shape index (κ1) is 25.4. The van der Waals surface area contributed by atoms with Crippen LogP contribution in [-0.4, -0.2) is 51.6 Å². The fourth-order valence-corrected chi connectivity index (χ4v) is 4.08. The van der Waals surface area contributed by atoms with E-state index in [2.05, 4.69) is 5.32 Å². The lowest BCUT2D eigenvalue weighted by Gasteiger charge is -2.31. The maximum absolute atomic E-state index is 13.2. The van der Waals surface area contributed by atoms with Crippen molar-refractivity contribution in [2.24, 2.45) is 0 Å². The molecule has 0 saturated heterocycles. The van der Waals surface area contributed by atoms with Gasteiger partial charge in [-0.2, -0.15) is 0 Å². The van der Waals surface area contributed by atoms with Crippen molar-refractivity contribution in [2.75, 3.05) is 6.54 Å². The van der Waals surface area contributed by atoms with Crippen LogP contribution >= 0.6 is 11.6 Å². The largest absolute Gasteiger partial charge is 0.350 e. The lowest BCUT2D eigenvalue weighted by molar-refractivity contribution is -0.141. The molecule has 0 aliphatic carbocycles. The summed E-state index contributed by atoms with van der Waals surface area (Å²) in [6, 6.07) is 13.1. The summed E-state index contributed by atoms with van der Waals surface area (Å²) in [4.78, 5) is 53.9. The molecule has 0 aromatic heterocycles. The Morgan fingerprint density at radius 2 is 1.65 bits per heavy atom. The molecule has 7 nitrogen and oxygen atoms in total. The topological polar surface area (TPSA) is 86.8 Å². The van der Waals surface area contributed by atoms with Crippen molar-refractivity contribution < 1.29 is 19.2 Å². The number of nitrogens with one attached hydrogen (secondary N) is 1. The number of fused-ring (bicyclic) bond motifs is 1. The highest BCUT2D eigenvalue weighted by atomic mass is 35.5. The van der Waals surface area contributed by atoms with Crippen LogP contribution < -0.4 is 5.32 Å². The molecule has 180 valence electrons. The summed E-state index contributed by atoms with van der Waals surface area (Å²) in [5, 5.41) is 3.46. The number of rotatable bonds is 8. The number of carbonyl (C=O) groups is 4. The molecule has 1 aliphatic heterocycles. The smallest absolute Gasteiger partial charge is 0.261 e. The summed E-state index contributed by atoms with van der Waals surface area (Å²) < 4.78 is 0. The van der Waals surface area contributed by atoms with Gasteiger partial charge in [0.1, 0.15) is 6.04 Å². The molecule has 0 saturated carbocycles. The molecule has 8 heteroatoms. The third kappa shape index (κ3) is 6.03. The number of nitrogens with zero attached hydrogens (tertiary/aromatic N) is 2. The fourth-order valence-electron chi connectivity index (χ4n) is 3.86. The van der Waals surface area contributed by atoms with Crippen LogP contribution in [0.25, 0.3) is 0 Å². The van der Waals surface area contributed by atoms with Gasteiger partial charge in [-0.1, -0.05) is 35.9 Å². The molecule has 0 fully saturated rings. The molecule has 1 unspecified atom stereocenters. The molecule has 0 spiro atoms. The van der Waals surface area contributed by atoms with Gasteiger partial charge in [-0.3, -0.25) is 24.1 Å². The van der Waals surface area contributed by atoms with Crippen LogP contribution in [0.2, 0.25) is 5.02 Å². The maximum Gasteiger partial charge on any atom is 0.261 e. The third-order valence-electron chi connectivity index (χ3n) is 5.56. The molecular formula is C26H30ClN3O4. The van der Waals surface area contributed by atoms with Crippen molar-refractivity contribution in [1.82, 2.24) is 15.1 Å². The second-order valence-corrected chi connectivity index (χ2v) is 9.91. The van der Waals surface area contributed by atoms with E-state index >= 15 is 0 Å². The van der Waals surface area contributed by atoms with Crippen molar-refractivity contribution >= 4 is 35.2 Å². The first-order chi connectivity index (χ1) is 16.0. The van der Waals surface area contributed by atoms with Crippen molar-refractivity contribution in [1.29, 1.82) is 0 Å². The zero-order chi connectivity index (χ0) is 25.0. The SMILES string of the molecule is CC(C(=O)NC(C)(C)C)N(Cc1cccc(Cl)c1)C(=O)CCCN1C(=O)c2ccccc2C1=O. The number of imide groups is 1. The molecule has 3 rings (SSSR count). The van der Waals surface area contributed by atoms with E-state index in [4.69, 9.17) is 11.6 Å². The first-order valence-corrected chi connectivity index (χ1v) is 11.7. The molecule has 2 aromatic carbocycles. The Kier molecular flexibility index (Phi) is 7.77. The predicted molar refractivity (Wildman–Crippen MR) is 130 cm³/mol. The quantitative estimate of drug-likeness (QED) is 0.574. The molecule has 0 bridgehead atoms. The first-order valence-electron chi connectivity index (χ1n) is 11.3. The van der Waals surface area contributed by atoms with E-state index in [-0.39, 0.29) is 43.1 Å². The Hall–Kier alpha value is -3.19. The molecule has 0 radical (unpaired) electrons. The number of carbonyl (C=O) groups excluding carboxylic acids is 4. The lowest BCUT2D eigenvalue weighted by atomic mass is 10.1. The standard InChI is InChI=1S/C26H30ClN3O4/c1-17(23(32)28-26(2,3)4)30(16-18-9-7-10-19(27)15-18)22(31)13-8-14-29-24(33)20-11-5-6-12-21(20)25(29)34/h5-7,9-12,15,17H,8,13-14,16H2,1-4H3,(H,28,32). The highest BCUT2D eigenvalue weighted by Gasteiger charge is 2.35. The normalized spacial score (nSPS) is 14.1. The van der Waals surface area contributed by atoms with Crippen molar-refractivity contribution in [3.63, 3.8) is 0 Å². The Balaban J connectivity index is 1.69. The van der Waals surface area contributed by atoms with E-state index in [1.807, 2.05) is 26.8 Å². The molecule has 4 amide bonds. The van der Waals surface area contributed by atoms with Crippen molar-refractivity contribution in [3.05, 3.63) is 70.2 Å². The lowest BCUT2D eigenvalue weighted by Crippen LogP contribution is -2.52. The van der Waals surface area contributed by atoms with Crippen LogP contribution in [0.5, 0.6) is 0 Å². The van der Waals surface area contributed by atoms with Crippen molar-refractivity contribution in [2.45, 2.75) is 58.7 Å². The summed E-state index contributed by atoms with van der Waals surface area (Å²) in [6.45, 7) is 7.67. The number of hydrogen-bond donors (Lipinski definition) is 1. The number of halogens is 1. The highest BCUT2D eigenvalue weighted by molar-refractivity contribution is 6.30. The third-order valence-corrected chi connectivity index (χ3v) is 5.79. The number of benzene rings is 2. The molecule has 1 atom stereocenters. The minimum atomic E-state index is -0.718. The zero-order valence-electron chi connectivity index (χ0n) is 19.9. The van der Waals surface area contributed by atoms with E-state index in [0.29, 0.717) is 22.6 Å². The van der Waals surface area contributed by atoms with Crippen LogP contribution in [0.1, 0.15) is 66.8 Å². The Bertz CT molecular complexity index is 1070. The number of hydrogen-bond acceptors (Lipinski definition) is 4. The molecule has 1 N–H and O–H groups in total. The van der Waals surface area contributed by atoms with E-state index in [0.717, 1.165) is 5.56 Å². The molecule has 2 aromatic rings. The van der Waals surface area contributed by atoms with Gasteiger partial charge in [0.25, 0.3) is 11.8 Å². The maximum atomic E-state index is 13.2. The predicted octanol–water partition coefficient (Wildman–Crippen LogP) is 4.05. The van der Waals surface area contributed by atoms with E-state index in [1.165, 1.54) is 9.80 Å². The van der Waals surface area contributed by atoms with Gasteiger partial charge in [-0.15, -0.1) is 0 Å². The summed E-state index contributed by atoms with van der Waals surface area (Å²) in [7, 11) is 0. The Morgan fingerprint density at radius 1 is 1.03 bits per heavy atom. The second kappa shape index (κ2) is 10.4. The minimum Gasteiger partial charge on any atom is -0.350 e. The summed E-state index contributed by atoms with van der Waals surface area (Å²) in [5.41, 5.74) is 1.13. The number of amides is 4. The monoisotopic (exact) mass is 483 g/mol. The zero-order valence-corrected chi connectivity index (χ0v) is 20.7. The van der Waals surface area contributed by atoms with Gasteiger partial charge in [-0.05, 0) is 63.9 Å². The van der Waals surface area contributed by atoms with E-state index < -0.39 is 11.6 Å². The Morgan fingerprint density at radius 3 is 2.21 bits per heavy atom. The van der Waals surface area contributed by atoms with Crippen LogP contribution in [0, 0.1) is 0 Å². The summed E-state index contributed by atoms with van der Waals surface area (Å²) in [5.74, 6) is -1.19. The molecule has 1 aliphatic rings. The summed E-state index contributed by atoms with van der Waals surface area (Å²) in [6.07, 6.45) is 0.380. The molecule has 1 heterocycles. The van der Waals surface area contributed by atoms with Gasteiger partial charge >= 0.3 is 0 Å². The van der Waals surface area contributed by atoms with Gasteiger partial charge in [0.05, 0.1) is 11.1 Å². The van der Waals surface area contributed by atoms with Gasteiger partial charge in [0.15, 0.2) is 0 Å². The van der Waals surface area contributed by atoms with Gasteiger partial charge in [0, 0.05) is 30.1 Å². The van der Waals surface area contributed by atoms with Crippen LogP contribution in [0.15, 0.2) is 48.5 Å². The highest BCUT2D eigenvalue weighted by Crippen LogP contribution is 2.23. The average Bonchev–Trinajstić information content (AvgIpc) is 3.01. The molecule has 34 heavy (non-hydrogen) atoms. The van der Waals surface area contributed by atoms with Crippen LogP contribution in [-0.2, 0) is 16.1 Å². The van der Waals surface area contributed by atoms with Crippen LogP contribution in [0.3, 0.4) is 0 Å². The van der Waals surface area contributed by atoms with Gasteiger partial charge in [0.2, 0.25) is 11.8 Å². The Labute approximate surface area is 205 Å². The van der Waals surface area contributed by atoms with Crippen molar-refractivity contribution in [3.8, 4) is 0 Å². The van der Waals surface area contributed by atoms with E-state index in [9.17, 15) is 19.2 Å². The van der Waals surface area contributed by atoms with E-state index in [1.54, 1.807) is 49.4 Å². The fraction of sp³-hybridized carbons (Fsp3) is 0.385. The second-order valence-electron chi connectivity index (χ2n) is 9.48. The van der Waals surface area contributed by atoms with Crippen LogP contribution in [0.4, 0.5) is 0 Å². The van der Waals surface area contributed by atoms with Gasteiger partial charge in [-0.25, -0.2) is 0 Å².